The van der Waals surface area contributed by atoms with Gasteiger partial charge in [0, 0.05) is 44.0 Å². The topological polar surface area (TPSA) is 91.3 Å². The van der Waals surface area contributed by atoms with Crippen LogP contribution in [0.4, 0.5) is 15.8 Å². The van der Waals surface area contributed by atoms with Gasteiger partial charge < -0.3 is 24.8 Å². The number of carbonyl (C=O) groups is 2. The van der Waals surface area contributed by atoms with E-state index in [1.54, 1.807) is 0 Å². The third kappa shape index (κ3) is 5.92. The fourth-order valence-electron chi connectivity index (χ4n) is 6.19. The quantitative estimate of drug-likeness (QED) is 0.359. The summed E-state index contributed by atoms with van der Waals surface area (Å²) >= 11 is 0. The van der Waals surface area contributed by atoms with Gasteiger partial charge in [-0.05, 0) is 71.5 Å². The van der Waals surface area contributed by atoms with Crippen LogP contribution in [-0.2, 0) is 22.4 Å². The molecule has 3 atom stereocenters. The van der Waals surface area contributed by atoms with Crippen LogP contribution in [0.25, 0.3) is 0 Å². The fourth-order valence-corrected chi connectivity index (χ4v) is 6.19. The summed E-state index contributed by atoms with van der Waals surface area (Å²) in [6.45, 7) is 5.08. The van der Waals surface area contributed by atoms with Crippen LogP contribution in [0, 0.1) is 11.7 Å². The molecule has 2 heterocycles. The standard InChI is InChI=1S/C33H38FN3O5/c1-5-20-15-24(34)16-21(6-2)31(20)35-29(38)19-37-18-26(23-9-12-27-28(17-23)42-14-13-41-27)30(33(39)40)32(37)22-7-10-25(11-8-22)36(3)4/h7-12,15-17,26,30,32H,5-6,13-14,18-19H2,1-4H3,(H,35,38)(H,39,40)/t26-,30?,32+/m1/s1. The molecule has 5 rings (SSSR count). The first kappa shape index (κ1) is 29.4. The number of hydrogen-bond donors (Lipinski definition) is 2. The van der Waals surface area contributed by atoms with Gasteiger partial charge in [-0.3, -0.25) is 14.5 Å². The van der Waals surface area contributed by atoms with Crippen molar-refractivity contribution in [1.29, 1.82) is 0 Å². The second-order valence-corrected chi connectivity index (χ2v) is 11.1. The number of nitrogens with zero attached hydrogens (tertiary/aromatic N) is 2. The summed E-state index contributed by atoms with van der Waals surface area (Å²) in [5.74, 6) is -1.50. The molecule has 3 aromatic rings. The summed E-state index contributed by atoms with van der Waals surface area (Å²) in [4.78, 5) is 30.4. The molecule has 1 unspecified atom stereocenters. The molecule has 2 aliphatic rings. The van der Waals surface area contributed by atoms with Crippen LogP contribution in [0.3, 0.4) is 0 Å². The number of ether oxygens (including phenoxy) is 2. The molecule has 2 aliphatic heterocycles. The van der Waals surface area contributed by atoms with Crippen molar-refractivity contribution in [3.8, 4) is 11.5 Å². The number of carboxylic acid groups (broad SMARTS) is 1. The van der Waals surface area contributed by atoms with Gasteiger partial charge in [0.15, 0.2) is 11.5 Å². The van der Waals surface area contributed by atoms with Crippen LogP contribution >= 0.6 is 0 Å². The first-order chi connectivity index (χ1) is 20.2. The first-order valence-corrected chi connectivity index (χ1v) is 14.4. The molecule has 1 saturated heterocycles. The van der Waals surface area contributed by atoms with Gasteiger partial charge in [0.25, 0.3) is 0 Å². The van der Waals surface area contributed by atoms with E-state index in [4.69, 9.17) is 9.47 Å². The van der Waals surface area contributed by atoms with E-state index in [9.17, 15) is 19.1 Å². The molecule has 1 fully saturated rings. The minimum Gasteiger partial charge on any atom is -0.486 e. The van der Waals surface area contributed by atoms with Gasteiger partial charge in [0.2, 0.25) is 5.91 Å². The van der Waals surface area contributed by atoms with Crippen molar-refractivity contribution in [2.24, 2.45) is 5.92 Å². The summed E-state index contributed by atoms with van der Waals surface area (Å²) in [6, 6.07) is 15.8. The molecular formula is C33H38FN3O5. The number of aliphatic carboxylic acids is 1. The highest BCUT2D eigenvalue weighted by Crippen LogP contribution is 2.47. The van der Waals surface area contributed by atoms with Crippen molar-refractivity contribution < 1.29 is 28.6 Å². The largest absolute Gasteiger partial charge is 0.486 e. The Morgan fingerprint density at radius 2 is 1.57 bits per heavy atom. The Balaban J connectivity index is 1.50. The van der Waals surface area contributed by atoms with Crippen LogP contribution in [-0.4, -0.2) is 62.3 Å². The number of rotatable bonds is 9. The zero-order valence-electron chi connectivity index (χ0n) is 24.5. The van der Waals surface area contributed by atoms with Crippen LogP contribution < -0.4 is 19.7 Å². The van der Waals surface area contributed by atoms with Crippen molar-refractivity contribution in [3.05, 3.63) is 82.7 Å². The molecule has 2 N–H and O–H groups in total. The lowest BCUT2D eigenvalue weighted by molar-refractivity contribution is -0.143. The fraction of sp³-hybridized carbons (Fsp3) is 0.394. The Bertz CT molecular complexity index is 1430. The predicted octanol–water partition coefficient (Wildman–Crippen LogP) is 5.27. The average molecular weight is 576 g/mol. The van der Waals surface area contributed by atoms with Crippen molar-refractivity contribution in [3.63, 3.8) is 0 Å². The third-order valence-corrected chi connectivity index (χ3v) is 8.27. The minimum absolute atomic E-state index is 0.0192. The maximum atomic E-state index is 14.2. The van der Waals surface area contributed by atoms with Gasteiger partial charge >= 0.3 is 5.97 Å². The molecule has 3 aromatic carbocycles. The number of likely N-dealkylation sites (tertiary alicyclic amines) is 1. The summed E-state index contributed by atoms with van der Waals surface area (Å²) < 4.78 is 25.7. The third-order valence-electron chi connectivity index (χ3n) is 8.27. The van der Waals surface area contributed by atoms with Gasteiger partial charge in [-0.25, -0.2) is 4.39 Å². The number of amides is 1. The Kier molecular flexibility index (Phi) is 8.68. The first-order valence-electron chi connectivity index (χ1n) is 14.4. The zero-order valence-corrected chi connectivity index (χ0v) is 24.5. The molecule has 8 nitrogen and oxygen atoms in total. The molecule has 9 heteroatoms. The van der Waals surface area contributed by atoms with E-state index in [0.29, 0.717) is 49.8 Å². The number of hydrogen-bond acceptors (Lipinski definition) is 6. The molecular weight excluding hydrogens is 537 g/mol. The van der Waals surface area contributed by atoms with Gasteiger partial charge in [0.1, 0.15) is 19.0 Å². The van der Waals surface area contributed by atoms with E-state index in [2.05, 4.69) is 5.32 Å². The monoisotopic (exact) mass is 575 g/mol. The summed E-state index contributed by atoms with van der Waals surface area (Å²) in [5.41, 5.74) is 4.74. The average Bonchev–Trinajstić information content (AvgIpc) is 3.36. The Morgan fingerprint density at radius 1 is 0.952 bits per heavy atom. The van der Waals surface area contributed by atoms with E-state index in [1.807, 2.05) is 80.2 Å². The SMILES string of the molecule is CCc1cc(F)cc(CC)c1NC(=O)CN1C[C@H](c2ccc3c(c2)OCCO3)C(C(=O)O)[C@@H]1c1ccc(N(C)C)cc1. The maximum Gasteiger partial charge on any atom is 0.309 e. The van der Waals surface area contributed by atoms with Gasteiger partial charge in [-0.1, -0.05) is 32.0 Å². The molecule has 0 spiro atoms. The molecule has 222 valence electrons. The van der Waals surface area contributed by atoms with Gasteiger partial charge in [0.05, 0.1) is 12.5 Å². The van der Waals surface area contributed by atoms with Crippen LogP contribution in [0.5, 0.6) is 11.5 Å². The lowest BCUT2D eigenvalue weighted by Gasteiger charge is -2.28. The normalized spacial score (nSPS) is 19.9. The number of nitrogens with one attached hydrogen (secondary N) is 1. The smallest absolute Gasteiger partial charge is 0.309 e. The van der Waals surface area contributed by atoms with Gasteiger partial charge in [-0.2, -0.15) is 0 Å². The van der Waals surface area contributed by atoms with E-state index in [-0.39, 0.29) is 18.3 Å². The number of benzene rings is 3. The van der Waals surface area contributed by atoms with Crippen LogP contribution in [0.2, 0.25) is 0 Å². The highest BCUT2D eigenvalue weighted by atomic mass is 19.1. The van der Waals surface area contributed by atoms with E-state index in [0.717, 1.165) is 27.9 Å². The number of carbonyl (C=O) groups excluding carboxylic acids is 1. The molecule has 0 aliphatic carbocycles. The van der Waals surface area contributed by atoms with Crippen molar-refractivity contribution in [2.45, 2.75) is 38.6 Å². The predicted molar refractivity (Wildman–Crippen MR) is 160 cm³/mol. The summed E-state index contributed by atoms with van der Waals surface area (Å²) in [6.07, 6.45) is 1.14. The van der Waals surface area contributed by atoms with Crippen molar-refractivity contribution in [2.75, 3.05) is 50.6 Å². The van der Waals surface area contributed by atoms with Crippen molar-refractivity contribution in [1.82, 2.24) is 4.90 Å². The molecule has 42 heavy (non-hydrogen) atoms. The number of halogens is 1. The Hall–Kier alpha value is -4.11. The minimum atomic E-state index is -0.931. The second kappa shape index (κ2) is 12.4. The molecule has 0 bridgehead atoms. The Morgan fingerprint density at radius 3 is 2.17 bits per heavy atom. The van der Waals surface area contributed by atoms with E-state index in [1.165, 1.54) is 12.1 Å². The highest BCUT2D eigenvalue weighted by molar-refractivity contribution is 5.94. The highest BCUT2D eigenvalue weighted by Gasteiger charge is 2.48. The molecule has 0 saturated carbocycles. The lowest BCUT2D eigenvalue weighted by Crippen LogP contribution is -2.35. The second-order valence-electron chi connectivity index (χ2n) is 11.1. The number of carboxylic acids is 1. The lowest BCUT2D eigenvalue weighted by atomic mass is 9.82. The maximum absolute atomic E-state index is 14.2. The van der Waals surface area contributed by atoms with Crippen LogP contribution in [0.1, 0.15) is 48.1 Å². The van der Waals surface area contributed by atoms with E-state index >= 15 is 0 Å². The zero-order chi connectivity index (χ0) is 30.0. The van der Waals surface area contributed by atoms with E-state index < -0.39 is 23.8 Å². The summed E-state index contributed by atoms with van der Waals surface area (Å²) in [7, 11) is 3.90. The van der Waals surface area contributed by atoms with Crippen molar-refractivity contribution >= 4 is 23.3 Å². The number of fused-ring (bicyclic) bond motifs is 1. The van der Waals surface area contributed by atoms with Gasteiger partial charge in [-0.15, -0.1) is 0 Å². The molecule has 0 aromatic heterocycles. The molecule has 0 radical (unpaired) electrons. The Labute approximate surface area is 246 Å². The number of anilines is 2. The summed E-state index contributed by atoms with van der Waals surface area (Å²) in [5, 5.41) is 13.6. The van der Waals surface area contributed by atoms with Crippen LogP contribution in [0.15, 0.2) is 54.6 Å². The number of aryl methyl sites for hydroxylation is 2. The molecule has 1 amide bonds.